The molecule has 1 aromatic carbocycles. The van der Waals surface area contributed by atoms with Crippen LogP contribution in [0.25, 0.3) is 0 Å². The number of benzene rings is 1. The Morgan fingerprint density at radius 3 is 2.17 bits per heavy atom. The van der Waals surface area contributed by atoms with E-state index in [9.17, 15) is 14.4 Å². The van der Waals surface area contributed by atoms with Gasteiger partial charge in [-0.15, -0.1) is 0 Å². The number of amides is 4. The van der Waals surface area contributed by atoms with Crippen LogP contribution in [-0.2, 0) is 22.6 Å². The van der Waals surface area contributed by atoms with Gasteiger partial charge in [-0.3, -0.25) is 9.59 Å². The van der Waals surface area contributed by atoms with E-state index in [0.29, 0.717) is 24.4 Å². The molecule has 1 unspecified atom stereocenters. The Labute approximate surface area is 170 Å². The van der Waals surface area contributed by atoms with Crippen molar-refractivity contribution in [3.63, 3.8) is 0 Å². The molecule has 4 saturated carbocycles. The minimum absolute atomic E-state index is 0.292. The molecule has 1 N–H and O–H groups in total. The molecule has 4 bridgehead atoms. The van der Waals surface area contributed by atoms with Crippen molar-refractivity contribution in [1.29, 1.82) is 0 Å². The molecule has 0 aromatic heterocycles. The van der Waals surface area contributed by atoms with Crippen LogP contribution in [0.1, 0.15) is 49.7 Å². The highest BCUT2D eigenvalue weighted by atomic mass is 16.2. The molecule has 5 fully saturated rings. The van der Waals surface area contributed by atoms with E-state index in [0.717, 1.165) is 38.8 Å². The van der Waals surface area contributed by atoms with Gasteiger partial charge in [-0.05, 0) is 61.8 Å². The number of carbonyl (C=O) groups is 3. The first kappa shape index (κ1) is 17.6. The zero-order valence-electron chi connectivity index (χ0n) is 16.7. The SMILES string of the molecule is O=C1C(=O)N(C23CC4CC(CC(C4)C2)C3)C(=O)N1C[NH+]1CCc2ccccc2C1. The van der Waals surface area contributed by atoms with Gasteiger partial charge in [0.25, 0.3) is 0 Å². The molecule has 0 radical (unpaired) electrons. The van der Waals surface area contributed by atoms with Gasteiger partial charge in [-0.2, -0.15) is 0 Å². The van der Waals surface area contributed by atoms with Crippen LogP contribution in [-0.4, -0.2) is 46.4 Å². The standard InChI is InChI=1S/C23H27N3O3/c27-20-21(28)26(23-10-15-7-16(11-23)9-17(8-15)12-23)22(29)25(20)14-24-6-5-18-3-1-2-4-19(18)13-24/h1-4,15-17H,5-14H2/p+1. The van der Waals surface area contributed by atoms with Crippen LogP contribution in [0.15, 0.2) is 24.3 Å². The first-order chi connectivity index (χ1) is 14.0. The molecule has 6 heteroatoms. The van der Waals surface area contributed by atoms with Crippen LogP contribution in [0.3, 0.4) is 0 Å². The van der Waals surface area contributed by atoms with Gasteiger partial charge < -0.3 is 4.90 Å². The zero-order chi connectivity index (χ0) is 19.8. The normalized spacial score (nSPS) is 38.1. The molecule has 2 aliphatic heterocycles. The van der Waals surface area contributed by atoms with E-state index in [1.165, 1.54) is 45.1 Å². The van der Waals surface area contributed by atoms with E-state index in [1.807, 2.05) is 6.07 Å². The zero-order valence-corrected chi connectivity index (χ0v) is 16.7. The summed E-state index contributed by atoms with van der Waals surface area (Å²) in [5, 5.41) is 0. The van der Waals surface area contributed by atoms with Gasteiger partial charge in [0.2, 0.25) is 0 Å². The van der Waals surface area contributed by atoms with Crippen LogP contribution in [0.2, 0.25) is 0 Å². The van der Waals surface area contributed by atoms with Crippen molar-refractivity contribution in [2.45, 2.75) is 57.0 Å². The monoisotopic (exact) mass is 394 g/mol. The van der Waals surface area contributed by atoms with Gasteiger partial charge in [0, 0.05) is 12.0 Å². The first-order valence-corrected chi connectivity index (χ1v) is 11.1. The van der Waals surface area contributed by atoms with Gasteiger partial charge in [0.1, 0.15) is 6.54 Å². The number of hydrogen-bond donors (Lipinski definition) is 1. The fourth-order valence-corrected chi connectivity index (χ4v) is 7.40. The maximum Gasteiger partial charge on any atom is 0.339 e. The van der Waals surface area contributed by atoms with Gasteiger partial charge in [-0.1, -0.05) is 24.3 Å². The molecular formula is C23H28N3O3+. The highest BCUT2D eigenvalue weighted by Gasteiger charge is 2.61. The Hall–Kier alpha value is -2.21. The second kappa shape index (κ2) is 6.14. The molecule has 4 amide bonds. The summed E-state index contributed by atoms with van der Waals surface area (Å²) in [6.07, 6.45) is 7.37. The van der Waals surface area contributed by atoms with Crippen molar-refractivity contribution in [3.05, 3.63) is 35.4 Å². The second-order valence-corrected chi connectivity index (χ2v) is 10.2. The highest BCUT2D eigenvalue weighted by molar-refractivity contribution is 6.44. The highest BCUT2D eigenvalue weighted by Crippen LogP contribution is 2.58. The molecule has 6 nitrogen and oxygen atoms in total. The Bertz CT molecular complexity index is 875. The molecule has 6 aliphatic rings. The Kier molecular flexibility index (Phi) is 3.74. The summed E-state index contributed by atoms with van der Waals surface area (Å²) in [5.74, 6) is 0.673. The van der Waals surface area contributed by atoms with Crippen molar-refractivity contribution in [2.24, 2.45) is 17.8 Å². The van der Waals surface area contributed by atoms with E-state index in [4.69, 9.17) is 0 Å². The van der Waals surface area contributed by atoms with E-state index < -0.39 is 17.4 Å². The Morgan fingerprint density at radius 2 is 1.52 bits per heavy atom. The predicted octanol–water partition coefficient (Wildman–Crippen LogP) is 1.34. The first-order valence-electron chi connectivity index (χ1n) is 11.1. The number of hydrogen-bond acceptors (Lipinski definition) is 3. The third kappa shape index (κ3) is 2.61. The summed E-state index contributed by atoms with van der Waals surface area (Å²) in [5.41, 5.74) is 2.23. The van der Waals surface area contributed by atoms with Gasteiger partial charge in [0.15, 0.2) is 6.67 Å². The van der Waals surface area contributed by atoms with E-state index in [2.05, 4.69) is 18.2 Å². The van der Waals surface area contributed by atoms with E-state index in [1.54, 1.807) is 0 Å². The third-order valence-electron chi connectivity index (χ3n) is 8.22. The molecule has 7 rings (SSSR count). The largest absolute Gasteiger partial charge is 0.339 e. The average molecular weight is 394 g/mol. The number of carbonyl (C=O) groups excluding carboxylic acids is 3. The summed E-state index contributed by atoms with van der Waals surface area (Å²) >= 11 is 0. The topological polar surface area (TPSA) is 62.1 Å². The average Bonchev–Trinajstić information content (AvgIpc) is 2.90. The number of nitrogens with zero attached hydrogens (tertiary/aromatic N) is 2. The Morgan fingerprint density at radius 1 is 0.897 bits per heavy atom. The lowest BCUT2D eigenvalue weighted by Crippen LogP contribution is -3.13. The lowest BCUT2D eigenvalue weighted by molar-refractivity contribution is -0.923. The maximum atomic E-state index is 13.4. The molecular weight excluding hydrogens is 366 g/mol. The van der Waals surface area contributed by atoms with Gasteiger partial charge in [0.05, 0.1) is 12.1 Å². The molecule has 4 aliphatic carbocycles. The molecule has 152 valence electrons. The van der Waals surface area contributed by atoms with Gasteiger partial charge >= 0.3 is 17.8 Å². The summed E-state index contributed by atoms with van der Waals surface area (Å²) < 4.78 is 0. The minimum Gasteiger partial charge on any atom is -0.313 e. The smallest absolute Gasteiger partial charge is 0.313 e. The van der Waals surface area contributed by atoms with E-state index in [-0.39, 0.29) is 6.03 Å². The molecule has 0 spiro atoms. The number of imide groups is 2. The summed E-state index contributed by atoms with van der Waals surface area (Å²) in [7, 11) is 0. The van der Waals surface area contributed by atoms with Crippen LogP contribution in [0.5, 0.6) is 0 Å². The summed E-state index contributed by atoms with van der Waals surface area (Å²) in [4.78, 5) is 43.0. The molecule has 2 heterocycles. The second-order valence-electron chi connectivity index (χ2n) is 10.2. The number of rotatable bonds is 3. The van der Waals surface area contributed by atoms with Crippen molar-refractivity contribution >= 4 is 17.8 Å². The van der Waals surface area contributed by atoms with Crippen LogP contribution < -0.4 is 4.90 Å². The number of nitrogens with one attached hydrogen (secondary N) is 1. The fraction of sp³-hybridized carbons (Fsp3) is 0.609. The number of urea groups is 1. The minimum atomic E-state index is -0.614. The van der Waals surface area contributed by atoms with Crippen LogP contribution >= 0.6 is 0 Å². The van der Waals surface area contributed by atoms with Crippen molar-refractivity contribution in [1.82, 2.24) is 9.80 Å². The van der Waals surface area contributed by atoms with Crippen molar-refractivity contribution in [3.8, 4) is 0 Å². The molecule has 1 aromatic rings. The van der Waals surface area contributed by atoms with Crippen LogP contribution in [0.4, 0.5) is 4.79 Å². The van der Waals surface area contributed by atoms with Crippen molar-refractivity contribution < 1.29 is 19.3 Å². The molecule has 1 atom stereocenters. The Balaban J connectivity index is 1.23. The lowest BCUT2D eigenvalue weighted by Gasteiger charge is -2.58. The number of fused-ring (bicyclic) bond motifs is 1. The van der Waals surface area contributed by atoms with Gasteiger partial charge in [-0.25, -0.2) is 14.6 Å². The number of quaternary nitrogens is 1. The maximum absolute atomic E-state index is 13.4. The summed E-state index contributed by atoms with van der Waals surface area (Å²) in [6, 6.07) is 8.00. The third-order valence-corrected chi connectivity index (χ3v) is 8.22. The fourth-order valence-electron chi connectivity index (χ4n) is 7.40. The lowest BCUT2D eigenvalue weighted by atomic mass is 9.52. The quantitative estimate of drug-likeness (QED) is 0.622. The van der Waals surface area contributed by atoms with Crippen molar-refractivity contribution in [2.75, 3.05) is 13.2 Å². The summed E-state index contributed by atoms with van der Waals surface area (Å²) in [6.45, 7) is 1.96. The van der Waals surface area contributed by atoms with E-state index >= 15 is 0 Å². The molecule has 29 heavy (non-hydrogen) atoms. The molecule has 1 saturated heterocycles. The van der Waals surface area contributed by atoms with Crippen LogP contribution in [0, 0.1) is 17.8 Å². The predicted molar refractivity (Wildman–Crippen MR) is 105 cm³/mol.